The summed E-state index contributed by atoms with van der Waals surface area (Å²) < 4.78 is 13.8. The SMILES string of the molecule is CCOc1ccccc1CN1CC[C@H]2OCc3cnnn3[C@H]2C1. The van der Waals surface area contributed by atoms with E-state index in [0.717, 1.165) is 37.5 Å². The zero-order valence-electron chi connectivity index (χ0n) is 13.4. The highest BCUT2D eigenvalue weighted by molar-refractivity contribution is 5.33. The summed E-state index contributed by atoms with van der Waals surface area (Å²) in [5, 5.41) is 8.30. The fourth-order valence-electron chi connectivity index (χ4n) is 3.56. The van der Waals surface area contributed by atoms with E-state index in [9.17, 15) is 0 Å². The average molecular weight is 314 g/mol. The molecule has 6 nitrogen and oxygen atoms in total. The molecule has 2 aromatic rings. The molecule has 6 heteroatoms. The van der Waals surface area contributed by atoms with E-state index >= 15 is 0 Å². The highest BCUT2D eigenvalue weighted by atomic mass is 16.5. The summed E-state index contributed by atoms with van der Waals surface area (Å²) in [6.45, 7) is 6.20. The van der Waals surface area contributed by atoms with Crippen molar-refractivity contribution in [3.05, 3.63) is 41.7 Å². The molecule has 3 heterocycles. The molecule has 1 fully saturated rings. The van der Waals surface area contributed by atoms with Gasteiger partial charge >= 0.3 is 0 Å². The highest BCUT2D eigenvalue weighted by Gasteiger charge is 2.36. The third-order valence-corrected chi connectivity index (χ3v) is 4.68. The number of rotatable bonds is 4. The first-order valence-corrected chi connectivity index (χ1v) is 8.29. The quantitative estimate of drug-likeness (QED) is 0.864. The molecule has 1 aromatic heterocycles. The van der Waals surface area contributed by atoms with E-state index in [1.54, 1.807) is 6.20 Å². The number of aromatic nitrogens is 3. The monoisotopic (exact) mass is 314 g/mol. The summed E-state index contributed by atoms with van der Waals surface area (Å²) in [6, 6.07) is 8.55. The number of fused-ring (bicyclic) bond motifs is 3. The third kappa shape index (κ3) is 2.84. The second kappa shape index (κ2) is 6.29. The van der Waals surface area contributed by atoms with Gasteiger partial charge in [-0.3, -0.25) is 4.90 Å². The van der Waals surface area contributed by atoms with E-state index in [1.807, 2.05) is 19.1 Å². The Labute approximate surface area is 136 Å². The molecule has 0 spiro atoms. The lowest BCUT2D eigenvalue weighted by atomic mass is 9.99. The number of hydrogen-bond acceptors (Lipinski definition) is 5. The zero-order chi connectivity index (χ0) is 15.6. The number of hydrogen-bond donors (Lipinski definition) is 0. The molecule has 0 unspecified atom stereocenters. The van der Waals surface area contributed by atoms with E-state index in [2.05, 4.69) is 32.0 Å². The normalized spacial score (nSPS) is 24.0. The van der Waals surface area contributed by atoms with E-state index in [-0.39, 0.29) is 12.1 Å². The molecular weight excluding hydrogens is 292 g/mol. The van der Waals surface area contributed by atoms with Gasteiger partial charge in [0.15, 0.2) is 0 Å². The number of ether oxygens (including phenoxy) is 2. The summed E-state index contributed by atoms with van der Waals surface area (Å²) in [7, 11) is 0. The second-order valence-electron chi connectivity index (χ2n) is 6.15. The molecule has 0 bridgehead atoms. The highest BCUT2D eigenvalue weighted by Crippen LogP contribution is 2.31. The Hall–Kier alpha value is -1.92. The van der Waals surface area contributed by atoms with Crippen LogP contribution in [0.2, 0.25) is 0 Å². The van der Waals surface area contributed by atoms with E-state index < -0.39 is 0 Å². The molecule has 1 aromatic carbocycles. The lowest BCUT2D eigenvalue weighted by molar-refractivity contribution is -0.0670. The van der Waals surface area contributed by atoms with Gasteiger partial charge < -0.3 is 9.47 Å². The van der Waals surface area contributed by atoms with Gasteiger partial charge in [0.2, 0.25) is 0 Å². The maximum absolute atomic E-state index is 5.98. The van der Waals surface area contributed by atoms with Crippen molar-refractivity contribution in [1.29, 1.82) is 0 Å². The van der Waals surface area contributed by atoms with Crippen LogP contribution in [0.5, 0.6) is 5.75 Å². The van der Waals surface area contributed by atoms with Crippen molar-refractivity contribution in [2.75, 3.05) is 19.7 Å². The number of likely N-dealkylation sites (tertiary alicyclic amines) is 1. The minimum absolute atomic E-state index is 0.252. The molecule has 23 heavy (non-hydrogen) atoms. The van der Waals surface area contributed by atoms with Crippen LogP contribution in [-0.2, 0) is 17.9 Å². The van der Waals surface area contributed by atoms with Crippen LogP contribution in [0.3, 0.4) is 0 Å². The molecule has 0 saturated carbocycles. The van der Waals surface area contributed by atoms with Crippen molar-refractivity contribution in [2.45, 2.75) is 38.6 Å². The molecule has 0 radical (unpaired) electrons. The fourth-order valence-corrected chi connectivity index (χ4v) is 3.56. The van der Waals surface area contributed by atoms with Gasteiger partial charge in [-0.2, -0.15) is 0 Å². The standard InChI is InChI=1S/C17H22N4O2/c1-2-22-16-6-4-3-5-13(16)10-20-8-7-17-15(11-20)21-14(12-23-17)9-18-19-21/h3-6,9,15,17H,2,7-8,10-12H2,1H3/t15-,17+/m0/s1. The third-order valence-electron chi connectivity index (χ3n) is 4.68. The Balaban J connectivity index is 1.50. The van der Waals surface area contributed by atoms with Crippen molar-refractivity contribution >= 4 is 0 Å². The predicted octanol–water partition coefficient (Wildman–Crippen LogP) is 2.02. The molecule has 0 aliphatic carbocycles. The van der Waals surface area contributed by atoms with Crippen LogP contribution in [-0.4, -0.2) is 45.7 Å². The first-order chi connectivity index (χ1) is 11.3. The van der Waals surface area contributed by atoms with Gasteiger partial charge in [0.05, 0.1) is 37.3 Å². The number of para-hydroxylation sites is 1. The minimum Gasteiger partial charge on any atom is -0.494 e. The topological polar surface area (TPSA) is 52.4 Å². The van der Waals surface area contributed by atoms with Gasteiger partial charge in [-0.25, -0.2) is 4.68 Å². The average Bonchev–Trinajstić information content (AvgIpc) is 3.06. The summed E-state index contributed by atoms with van der Waals surface area (Å²) in [4.78, 5) is 2.46. The van der Waals surface area contributed by atoms with Crippen molar-refractivity contribution in [1.82, 2.24) is 19.9 Å². The van der Waals surface area contributed by atoms with Crippen molar-refractivity contribution in [2.24, 2.45) is 0 Å². The van der Waals surface area contributed by atoms with Crippen LogP contribution in [0.1, 0.15) is 30.6 Å². The van der Waals surface area contributed by atoms with E-state index in [0.29, 0.717) is 13.2 Å². The second-order valence-corrected chi connectivity index (χ2v) is 6.15. The van der Waals surface area contributed by atoms with Gasteiger partial charge in [-0.15, -0.1) is 5.10 Å². The predicted molar refractivity (Wildman–Crippen MR) is 85.1 cm³/mol. The summed E-state index contributed by atoms with van der Waals surface area (Å²) in [5.74, 6) is 0.985. The maximum atomic E-state index is 5.98. The molecule has 4 rings (SSSR count). The molecule has 2 atom stereocenters. The Bertz CT molecular complexity index is 672. The molecule has 2 aliphatic rings. The fraction of sp³-hybridized carbons (Fsp3) is 0.529. The maximum Gasteiger partial charge on any atom is 0.123 e. The molecule has 122 valence electrons. The van der Waals surface area contributed by atoms with Crippen molar-refractivity contribution in [3.63, 3.8) is 0 Å². The molecule has 0 N–H and O–H groups in total. The molecule has 2 aliphatic heterocycles. The van der Waals surface area contributed by atoms with Crippen LogP contribution in [0.15, 0.2) is 30.5 Å². The summed E-state index contributed by atoms with van der Waals surface area (Å²) in [6.07, 6.45) is 3.09. The van der Waals surface area contributed by atoms with Gasteiger partial charge in [0.1, 0.15) is 5.75 Å². The lowest BCUT2D eigenvalue weighted by Crippen LogP contribution is -2.47. The van der Waals surface area contributed by atoms with E-state index in [4.69, 9.17) is 9.47 Å². The zero-order valence-corrected chi connectivity index (χ0v) is 13.4. The van der Waals surface area contributed by atoms with Gasteiger partial charge in [-0.05, 0) is 19.4 Å². The Kier molecular flexibility index (Phi) is 4.01. The number of piperidine rings is 1. The molecular formula is C17H22N4O2. The molecule has 0 amide bonds. The summed E-state index contributed by atoms with van der Waals surface area (Å²) >= 11 is 0. The number of nitrogens with zero attached hydrogens (tertiary/aromatic N) is 4. The van der Waals surface area contributed by atoms with Crippen molar-refractivity contribution in [3.8, 4) is 5.75 Å². The van der Waals surface area contributed by atoms with Crippen LogP contribution < -0.4 is 4.74 Å². The Morgan fingerprint density at radius 1 is 1.35 bits per heavy atom. The molecule has 1 saturated heterocycles. The first-order valence-electron chi connectivity index (χ1n) is 8.29. The van der Waals surface area contributed by atoms with Gasteiger partial charge in [0, 0.05) is 25.2 Å². The van der Waals surface area contributed by atoms with Crippen LogP contribution in [0.25, 0.3) is 0 Å². The smallest absolute Gasteiger partial charge is 0.123 e. The number of benzene rings is 1. The Morgan fingerprint density at radius 3 is 3.17 bits per heavy atom. The Morgan fingerprint density at radius 2 is 2.26 bits per heavy atom. The van der Waals surface area contributed by atoms with Crippen LogP contribution >= 0.6 is 0 Å². The minimum atomic E-state index is 0.252. The lowest BCUT2D eigenvalue weighted by Gasteiger charge is -2.41. The van der Waals surface area contributed by atoms with Crippen molar-refractivity contribution < 1.29 is 9.47 Å². The van der Waals surface area contributed by atoms with E-state index in [1.165, 1.54) is 5.56 Å². The van der Waals surface area contributed by atoms with Crippen LogP contribution in [0.4, 0.5) is 0 Å². The van der Waals surface area contributed by atoms with Gasteiger partial charge in [-0.1, -0.05) is 23.4 Å². The van der Waals surface area contributed by atoms with Crippen LogP contribution in [0, 0.1) is 0 Å². The van der Waals surface area contributed by atoms with Gasteiger partial charge in [0.25, 0.3) is 0 Å². The summed E-state index contributed by atoms with van der Waals surface area (Å²) in [5.41, 5.74) is 2.31. The first kappa shape index (κ1) is 14.7. The largest absolute Gasteiger partial charge is 0.494 e.